The van der Waals surface area contributed by atoms with Crippen LogP contribution in [0.3, 0.4) is 0 Å². The Morgan fingerprint density at radius 3 is 3.20 bits per heavy atom. The maximum absolute atomic E-state index is 11.5. The summed E-state index contributed by atoms with van der Waals surface area (Å²) in [5.41, 5.74) is 1.74. The zero-order valence-corrected chi connectivity index (χ0v) is 8.70. The van der Waals surface area contributed by atoms with Gasteiger partial charge in [0, 0.05) is 12.1 Å². The van der Waals surface area contributed by atoms with Crippen molar-refractivity contribution < 1.29 is 4.42 Å². The fraction of sp³-hybridized carbons (Fsp3) is 0.200. The number of hydrogen-bond acceptors (Lipinski definition) is 3. The van der Waals surface area contributed by atoms with Gasteiger partial charge in [-0.25, -0.2) is 9.78 Å². The van der Waals surface area contributed by atoms with E-state index in [0.29, 0.717) is 23.7 Å². The third-order valence-corrected chi connectivity index (χ3v) is 2.37. The van der Waals surface area contributed by atoms with E-state index < -0.39 is 5.76 Å². The number of aromatic nitrogens is 2. The lowest BCUT2D eigenvalue weighted by atomic mass is 10.3. The Balaban J connectivity index is 2.54. The SMILES string of the molecule is C=C(CCl)Cn1c(=O)oc2cccnc21. The van der Waals surface area contributed by atoms with Gasteiger partial charge in [0.2, 0.25) is 0 Å². The number of oxazole rings is 1. The third kappa shape index (κ3) is 1.80. The minimum atomic E-state index is -0.435. The highest BCUT2D eigenvalue weighted by atomic mass is 35.5. The fourth-order valence-electron chi connectivity index (χ4n) is 1.31. The van der Waals surface area contributed by atoms with Gasteiger partial charge in [-0.15, -0.1) is 11.6 Å². The van der Waals surface area contributed by atoms with Gasteiger partial charge in [0.05, 0.1) is 6.54 Å². The first-order chi connectivity index (χ1) is 7.22. The molecule has 0 N–H and O–H groups in total. The molecule has 2 rings (SSSR count). The Bertz CT molecular complexity index is 556. The highest BCUT2D eigenvalue weighted by Gasteiger charge is 2.09. The number of allylic oxidation sites excluding steroid dienone is 1. The highest BCUT2D eigenvalue weighted by molar-refractivity contribution is 6.19. The van der Waals surface area contributed by atoms with Crippen molar-refractivity contribution in [3.63, 3.8) is 0 Å². The van der Waals surface area contributed by atoms with Crippen LogP contribution in [-0.4, -0.2) is 15.4 Å². The Kier molecular flexibility index (Phi) is 2.60. The zero-order valence-electron chi connectivity index (χ0n) is 7.94. The Morgan fingerprint density at radius 2 is 2.47 bits per heavy atom. The molecular weight excluding hydrogens is 216 g/mol. The summed E-state index contributed by atoms with van der Waals surface area (Å²) in [7, 11) is 0. The summed E-state index contributed by atoms with van der Waals surface area (Å²) in [6.07, 6.45) is 1.61. The van der Waals surface area contributed by atoms with Crippen LogP contribution in [0.15, 0.2) is 39.7 Å². The Labute approximate surface area is 90.8 Å². The molecule has 0 amide bonds. The summed E-state index contributed by atoms with van der Waals surface area (Å²) in [4.78, 5) is 15.5. The Hall–Kier alpha value is -1.55. The number of alkyl halides is 1. The molecular formula is C10H9ClN2O2. The van der Waals surface area contributed by atoms with Gasteiger partial charge in [-0.2, -0.15) is 0 Å². The van der Waals surface area contributed by atoms with Crippen LogP contribution in [0.25, 0.3) is 11.2 Å². The third-order valence-electron chi connectivity index (χ3n) is 1.99. The first kappa shape index (κ1) is 9.98. The molecule has 2 aromatic heterocycles. The highest BCUT2D eigenvalue weighted by Crippen LogP contribution is 2.10. The molecule has 0 radical (unpaired) electrons. The van der Waals surface area contributed by atoms with Crippen LogP contribution in [0.5, 0.6) is 0 Å². The number of fused-ring (bicyclic) bond motifs is 1. The quantitative estimate of drug-likeness (QED) is 0.590. The molecule has 0 aliphatic heterocycles. The molecule has 0 saturated heterocycles. The number of nitrogens with zero attached hydrogens (tertiary/aromatic N) is 2. The number of hydrogen-bond donors (Lipinski definition) is 0. The summed E-state index contributed by atoms with van der Waals surface area (Å²) >= 11 is 5.61. The van der Waals surface area contributed by atoms with E-state index in [4.69, 9.17) is 16.0 Å². The van der Waals surface area contributed by atoms with E-state index >= 15 is 0 Å². The minimum Gasteiger partial charge on any atom is -0.406 e. The van der Waals surface area contributed by atoms with Crippen molar-refractivity contribution in [3.8, 4) is 0 Å². The average molecular weight is 225 g/mol. The topological polar surface area (TPSA) is 48.0 Å². The van der Waals surface area contributed by atoms with Gasteiger partial charge >= 0.3 is 5.76 Å². The first-order valence-corrected chi connectivity index (χ1v) is 4.93. The van der Waals surface area contributed by atoms with Crippen molar-refractivity contribution in [2.45, 2.75) is 6.54 Å². The molecule has 4 nitrogen and oxygen atoms in total. The predicted octanol–water partition coefficient (Wildman–Crippen LogP) is 1.78. The van der Waals surface area contributed by atoms with Crippen molar-refractivity contribution >= 4 is 22.8 Å². The molecule has 0 atom stereocenters. The van der Waals surface area contributed by atoms with Gasteiger partial charge in [0.1, 0.15) is 0 Å². The van der Waals surface area contributed by atoms with Crippen molar-refractivity contribution in [2.75, 3.05) is 5.88 Å². The van der Waals surface area contributed by atoms with E-state index in [9.17, 15) is 4.79 Å². The van der Waals surface area contributed by atoms with Gasteiger partial charge in [0.25, 0.3) is 0 Å². The summed E-state index contributed by atoms with van der Waals surface area (Å²) in [5, 5.41) is 0. The second kappa shape index (κ2) is 3.90. The molecule has 2 aromatic rings. The van der Waals surface area contributed by atoms with Crippen molar-refractivity contribution in [1.29, 1.82) is 0 Å². The number of halogens is 1. The molecule has 0 fully saturated rings. The molecule has 2 heterocycles. The predicted molar refractivity (Wildman–Crippen MR) is 58.1 cm³/mol. The molecule has 0 bridgehead atoms. The number of pyridine rings is 1. The summed E-state index contributed by atoms with van der Waals surface area (Å²) < 4.78 is 6.42. The average Bonchev–Trinajstić information content (AvgIpc) is 2.55. The van der Waals surface area contributed by atoms with E-state index in [1.54, 1.807) is 18.3 Å². The zero-order chi connectivity index (χ0) is 10.8. The molecule has 0 aliphatic rings. The van der Waals surface area contributed by atoms with Gasteiger partial charge < -0.3 is 4.42 Å². The fourth-order valence-corrected chi connectivity index (χ4v) is 1.39. The van der Waals surface area contributed by atoms with Crippen LogP contribution < -0.4 is 5.76 Å². The molecule has 0 unspecified atom stereocenters. The monoisotopic (exact) mass is 224 g/mol. The minimum absolute atomic E-state index is 0.311. The molecule has 0 aliphatic carbocycles. The van der Waals surface area contributed by atoms with Crippen LogP contribution in [0, 0.1) is 0 Å². The lowest BCUT2D eigenvalue weighted by Gasteiger charge is -2.00. The summed E-state index contributed by atoms with van der Waals surface area (Å²) in [5.74, 6) is -0.124. The standard InChI is InChI=1S/C10H9ClN2O2/c1-7(5-11)6-13-9-8(15-10(13)14)3-2-4-12-9/h2-4H,1,5-6H2. The lowest BCUT2D eigenvalue weighted by Crippen LogP contribution is -2.16. The summed E-state index contributed by atoms with van der Waals surface area (Å²) in [6.45, 7) is 4.07. The van der Waals surface area contributed by atoms with Crippen LogP contribution in [-0.2, 0) is 6.54 Å². The van der Waals surface area contributed by atoms with Gasteiger partial charge in [-0.1, -0.05) is 6.58 Å². The van der Waals surface area contributed by atoms with Crippen LogP contribution >= 0.6 is 11.6 Å². The van der Waals surface area contributed by atoms with Crippen LogP contribution in [0.4, 0.5) is 0 Å². The molecule has 5 heteroatoms. The van der Waals surface area contributed by atoms with E-state index in [0.717, 1.165) is 5.57 Å². The van der Waals surface area contributed by atoms with E-state index in [2.05, 4.69) is 11.6 Å². The normalized spacial score (nSPS) is 10.7. The second-order valence-electron chi connectivity index (χ2n) is 3.16. The molecule has 0 saturated carbocycles. The van der Waals surface area contributed by atoms with Crippen LogP contribution in [0.1, 0.15) is 0 Å². The molecule has 0 aromatic carbocycles. The largest absolute Gasteiger partial charge is 0.421 e. The second-order valence-corrected chi connectivity index (χ2v) is 3.43. The van der Waals surface area contributed by atoms with Gasteiger partial charge in [-0.05, 0) is 17.7 Å². The van der Waals surface area contributed by atoms with Crippen LogP contribution in [0.2, 0.25) is 0 Å². The van der Waals surface area contributed by atoms with Crippen molar-refractivity contribution in [3.05, 3.63) is 41.0 Å². The maximum Gasteiger partial charge on any atom is 0.421 e. The van der Waals surface area contributed by atoms with Gasteiger partial charge in [-0.3, -0.25) is 4.57 Å². The smallest absolute Gasteiger partial charge is 0.406 e. The van der Waals surface area contributed by atoms with E-state index in [1.165, 1.54) is 4.57 Å². The summed E-state index contributed by atoms with van der Waals surface area (Å²) in [6, 6.07) is 3.41. The van der Waals surface area contributed by atoms with Gasteiger partial charge in [0.15, 0.2) is 11.2 Å². The lowest BCUT2D eigenvalue weighted by molar-refractivity contribution is 0.516. The first-order valence-electron chi connectivity index (χ1n) is 4.39. The van der Waals surface area contributed by atoms with Crippen molar-refractivity contribution in [1.82, 2.24) is 9.55 Å². The maximum atomic E-state index is 11.5. The van der Waals surface area contributed by atoms with Crippen molar-refractivity contribution in [2.24, 2.45) is 0 Å². The molecule has 15 heavy (non-hydrogen) atoms. The van der Waals surface area contributed by atoms with E-state index in [1.807, 2.05) is 0 Å². The number of rotatable bonds is 3. The molecule has 78 valence electrons. The van der Waals surface area contributed by atoms with E-state index in [-0.39, 0.29) is 0 Å². The Morgan fingerprint density at radius 1 is 1.67 bits per heavy atom. The molecule has 0 spiro atoms.